The van der Waals surface area contributed by atoms with Gasteiger partial charge in [-0.05, 0) is 56.4 Å². The van der Waals surface area contributed by atoms with Crippen molar-refractivity contribution in [3.63, 3.8) is 0 Å². The smallest absolute Gasteiger partial charge is 0.327 e. The number of nitrogens with one attached hydrogen (secondary N) is 1. The van der Waals surface area contributed by atoms with Crippen molar-refractivity contribution in [2.24, 2.45) is 23.2 Å². The minimum atomic E-state index is -1.12. The van der Waals surface area contributed by atoms with Gasteiger partial charge in [0.1, 0.15) is 17.9 Å². The topological polar surface area (TPSA) is 75.7 Å². The number of ketones is 1. The Morgan fingerprint density at radius 2 is 1.87 bits per heavy atom. The van der Waals surface area contributed by atoms with Crippen LogP contribution in [0.3, 0.4) is 0 Å². The number of carbonyl (C=O) groups excluding carboxylic acids is 3. The molecule has 1 aromatic rings. The average molecular weight is 411 g/mol. The molecule has 1 saturated heterocycles. The Labute approximate surface area is 177 Å². The largest absolute Gasteiger partial charge is 0.459 e. The predicted molar refractivity (Wildman–Crippen MR) is 110 cm³/mol. The highest BCUT2D eigenvalue weighted by molar-refractivity contribution is 5.98. The Morgan fingerprint density at radius 1 is 1.17 bits per heavy atom. The van der Waals surface area contributed by atoms with Crippen LogP contribution in [0.15, 0.2) is 30.3 Å². The molecule has 0 spiro atoms. The van der Waals surface area contributed by atoms with Crippen LogP contribution in [-0.4, -0.2) is 47.7 Å². The van der Waals surface area contributed by atoms with Crippen LogP contribution in [0.5, 0.6) is 0 Å². The quantitative estimate of drug-likeness (QED) is 0.754. The van der Waals surface area contributed by atoms with Crippen LogP contribution >= 0.6 is 0 Å². The first-order chi connectivity index (χ1) is 14.4. The van der Waals surface area contributed by atoms with Gasteiger partial charge in [0.05, 0.1) is 12.0 Å². The fourth-order valence-corrected chi connectivity index (χ4v) is 6.92. The zero-order valence-electron chi connectivity index (χ0n) is 17.6. The Morgan fingerprint density at radius 3 is 2.53 bits per heavy atom. The first-order valence-corrected chi connectivity index (χ1v) is 11.2. The van der Waals surface area contributed by atoms with Crippen LogP contribution in [0.4, 0.5) is 0 Å². The number of benzene rings is 1. The molecule has 1 aromatic carbocycles. The Hall–Kier alpha value is -2.21. The minimum Gasteiger partial charge on any atom is -0.459 e. The van der Waals surface area contributed by atoms with E-state index in [-0.39, 0.29) is 36.7 Å². The molecule has 1 aliphatic heterocycles. The number of rotatable bonds is 5. The van der Waals surface area contributed by atoms with E-state index < -0.39 is 11.0 Å². The lowest BCUT2D eigenvalue weighted by Gasteiger charge is -2.62. The molecule has 5 aliphatic rings. The van der Waals surface area contributed by atoms with Gasteiger partial charge in [0, 0.05) is 19.0 Å². The van der Waals surface area contributed by atoms with Gasteiger partial charge in [-0.15, -0.1) is 0 Å². The summed E-state index contributed by atoms with van der Waals surface area (Å²) in [6.45, 7) is 3.23. The molecule has 4 aliphatic carbocycles. The Kier molecular flexibility index (Phi) is 4.73. The van der Waals surface area contributed by atoms with E-state index >= 15 is 0 Å². The molecule has 0 radical (unpaired) electrons. The van der Waals surface area contributed by atoms with Crippen LogP contribution in [0.2, 0.25) is 0 Å². The van der Waals surface area contributed by atoms with E-state index in [0.29, 0.717) is 24.9 Å². The summed E-state index contributed by atoms with van der Waals surface area (Å²) in [7, 11) is 0. The number of piperazine rings is 1. The molecule has 1 amide bonds. The number of carbonyl (C=O) groups is 3. The third-order valence-corrected chi connectivity index (χ3v) is 8.23. The lowest BCUT2D eigenvalue weighted by atomic mass is 9.44. The Balaban J connectivity index is 1.51. The monoisotopic (exact) mass is 410 g/mol. The number of nitrogens with zero attached hydrogens (tertiary/aromatic N) is 1. The molecule has 160 valence electrons. The first-order valence-electron chi connectivity index (χ1n) is 11.2. The lowest BCUT2D eigenvalue weighted by Crippen LogP contribution is -2.73. The van der Waals surface area contributed by atoms with Crippen LogP contribution in [0.1, 0.15) is 44.6 Å². The summed E-state index contributed by atoms with van der Waals surface area (Å²) in [6, 6.07) is 9.61. The lowest BCUT2D eigenvalue weighted by molar-refractivity contribution is -0.194. The van der Waals surface area contributed by atoms with Crippen LogP contribution in [-0.2, 0) is 25.7 Å². The summed E-state index contributed by atoms with van der Waals surface area (Å²) in [4.78, 5) is 41.6. The van der Waals surface area contributed by atoms with Crippen molar-refractivity contribution in [2.75, 3.05) is 19.6 Å². The molecule has 6 heteroatoms. The highest BCUT2D eigenvalue weighted by atomic mass is 16.5. The Bertz CT molecular complexity index is 855. The number of hydrogen-bond donors (Lipinski definition) is 1. The number of ether oxygens (including phenoxy) is 1. The zero-order chi connectivity index (χ0) is 20.9. The summed E-state index contributed by atoms with van der Waals surface area (Å²) >= 11 is 0. The van der Waals surface area contributed by atoms with Crippen molar-refractivity contribution in [1.82, 2.24) is 10.2 Å². The molecular weight excluding hydrogens is 380 g/mol. The summed E-state index contributed by atoms with van der Waals surface area (Å²) in [5, 5.41) is 2.85. The first kappa shape index (κ1) is 19.7. The minimum absolute atomic E-state index is 0.0658. The number of hydrogen-bond acceptors (Lipinski definition) is 5. The SMILES string of the molecule is CC(C(=O)OCc1ccccc1)(N1CCNC(=O)C1)C12CC3CC(CC(C3)C1=O)C2. The number of Topliss-reactive ketones (excluding diaryl/α,β-unsaturated/α-hetero) is 1. The maximum atomic E-state index is 13.8. The van der Waals surface area contributed by atoms with E-state index in [9.17, 15) is 14.4 Å². The predicted octanol–water partition coefficient (Wildman–Crippen LogP) is 2.32. The normalized spacial score (nSPS) is 35.0. The van der Waals surface area contributed by atoms with Gasteiger partial charge in [0.2, 0.25) is 5.91 Å². The van der Waals surface area contributed by atoms with E-state index in [1.807, 2.05) is 42.2 Å². The van der Waals surface area contributed by atoms with Gasteiger partial charge >= 0.3 is 5.97 Å². The number of amides is 1. The highest BCUT2D eigenvalue weighted by Gasteiger charge is 2.68. The standard InChI is InChI=1S/C24H30N2O4/c1-23(26-8-7-25-20(27)14-26,22(29)30-15-16-5-3-2-4-6-16)24-12-17-9-18(13-24)11-19(10-17)21(24)28/h2-6,17-19H,7-15H2,1H3,(H,25,27). The van der Waals surface area contributed by atoms with Gasteiger partial charge in [-0.3, -0.25) is 19.3 Å². The average Bonchev–Trinajstić information content (AvgIpc) is 2.75. The van der Waals surface area contributed by atoms with Gasteiger partial charge in [-0.25, -0.2) is 0 Å². The molecule has 6 rings (SSSR count). The molecular formula is C24H30N2O4. The van der Waals surface area contributed by atoms with Crippen molar-refractivity contribution in [1.29, 1.82) is 0 Å². The van der Waals surface area contributed by atoms with E-state index in [1.54, 1.807) is 0 Å². The third-order valence-electron chi connectivity index (χ3n) is 8.23. The molecule has 3 atom stereocenters. The van der Waals surface area contributed by atoms with E-state index in [0.717, 1.165) is 31.2 Å². The fourth-order valence-electron chi connectivity index (χ4n) is 6.92. The summed E-state index contributed by atoms with van der Waals surface area (Å²) < 4.78 is 5.86. The second-order valence-electron chi connectivity index (χ2n) is 9.90. The van der Waals surface area contributed by atoms with Crippen LogP contribution in [0, 0.1) is 23.2 Å². The molecule has 4 bridgehead atoms. The molecule has 6 nitrogen and oxygen atoms in total. The molecule has 30 heavy (non-hydrogen) atoms. The van der Waals surface area contributed by atoms with Crippen molar-refractivity contribution in [3.8, 4) is 0 Å². The third kappa shape index (κ3) is 2.91. The summed E-state index contributed by atoms with van der Waals surface area (Å²) in [6.07, 6.45) is 4.59. The van der Waals surface area contributed by atoms with Gasteiger partial charge in [0.25, 0.3) is 0 Å². The van der Waals surface area contributed by atoms with Crippen LogP contribution < -0.4 is 5.32 Å². The van der Waals surface area contributed by atoms with E-state index in [1.165, 1.54) is 6.42 Å². The van der Waals surface area contributed by atoms with E-state index in [4.69, 9.17) is 4.74 Å². The van der Waals surface area contributed by atoms with Crippen LogP contribution in [0.25, 0.3) is 0 Å². The van der Waals surface area contributed by atoms with Crippen molar-refractivity contribution in [3.05, 3.63) is 35.9 Å². The fraction of sp³-hybridized carbons (Fsp3) is 0.625. The molecule has 1 heterocycles. The number of esters is 1. The second kappa shape index (κ2) is 7.19. The zero-order valence-corrected chi connectivity index (χ0v) is 17.6. The maximum absolute atomic E-state index is 13.8. The maximum Gasteiger partial charge on any atom is 0.327 e. The summed E-state index contributed by atoms with van der Waals surface area (Å²) in [5.74, 6) is 0.841. The molecule has 0 aromatic heterocycles. The van der Waals surface area contributed by atoms with Gasteiger partial charge in [-0.2, -0.15) is 0 Å². The van der Waals surface area contributed by atoms with E-state index in [2.05, 4.69) is 5.32 Å². The highest BCUT2D eigenvalue weighted by Crippen LogP contribution is 2.63. The molecule has 4 saturated carbocycles. The van der Waals surface area contributed by atoms with Crippen molar-refractivity contribution >= 4 is 17.7 Å². The van der Waals surface area contributed by atoms with Gasteiger partial charge in [0.15, 0.2) is 0 Å². The summed E-state index contributed by atoms with van der Waals surface area (Å²) in [5.41, 5.74) is -0.943. The van der Waals surface area contributed by atoms with Crippen molar-refractivity contribution < 1.29 is 19.1 Å². The molecule has 1 N–H and O–H groups in total. The second-order valence-corrected chi connectivity index (χ2v) is 9.90. The van der Waals surface area contributed by atoms with Gasteiger partial charge < -0.3 is 10.1 Å². The van der Waals surface area contributed by atoms with Gasteiger partial charge in [-0.1, -0.05) is 30.3 Å². The molecule has 3 unspecified atom stereocenters. The van der Waals surface area contributed by atoms with Crippen molar-refractivity contribution in [2.45, 2.75) is 51.2 Å². The molecule has 5 fully saturated rings.